The first-order valence-corrected chi connectivity index (χ1v) is 8.18. The second-order valence-corrected chi connectivity index (χ2v) is 6.41. The molecule has 1 amide bonds. The van der Waals surface area contributed by atoms with Crippen molar-refractivity contribution in [3.63, 3.8) is 0 Å². The lowest BCUT2D eigenvalue weighted by atomic mass is 9.97. The Hall–Kier alpha value is -1.18. The van der Waals surface area contributed by atoms with E-state index < -0.39 is 0 Å². The van der Waals surface area contributed by atoms with Gasteiger partial charge in [-0.2, -0.15) is 0 Å². The van der Waals surface area contributed by atoms with Crippen LogP contribution in [0.1, 0.15) is 10.4 Å². The molecule has 2 atom stereocenters. The predicted molar refractivity (Wildman–Crippen MR) is 82.3 cm³/mol. The third-order valence-corrected chi connectivity index (χ3v) is 4.33. The molecule has 1 aliphatic heterocycles. The Morgan fingerprint density at radius 3 is 2.52 bits per heavy atom. The van der Waals surface area contributed by atoms with E-state index in [-0.39, 0.29) is 18.4 Å². The number of aliphatic hydroxyl groups excluding tert-OH is 1. The topological polar surface area (TPSA) is 69.6 Å². The molecular formula is C14H22N4O2S. The molecule has 0 radical (unpaired) electrons. The lowest BCUT2D eigenvalue weighted by Gasteiger charge is -2.20. The van der Waals surface area contributed by atoms with Crippen molar-refractivity contribution in [2.45, 2.75) is 5.16 Å². The minimum Gasteiger partial charge on any atom is -0.396 e. The lowest BCUT2D eigenvalue weighted by molar-refractivity contribution is 0.0778. The molecule has 21 heavy (non-hydrogen) atoms. The van der Waals surface area contributed by atoms with Gasteiger partial charge in [0.15, 0.2) is 5.16 Å². The van der Waals surface area contributed by atoms with Crippen LogP contribution < -0.4 is 0 Å². The standard InChI is InChI=1S/C14H22N4O2S/c1-17(2)6-11-7-18(8-12(11)9-19)13(20)10-4-15-14(21-3)16-5-10/h4-5,11-12,19H,6-9H2,1-3H3/t11-,12-/m1/s1. The lowest BCUT2D eigenvalue weighted by Crippen LogP contribution is -2.31. The number of carbonyl (C=O) groups is 1. The molecule has 116 valence electrons. The third kappa shape index (κ3) is 3.93. The van der Waals surface area contributed by atoms with Crippen LogP contribution in [0.3, 0.4) is 0 Å². The highest BCUT2D eigenvalue weighted by Gasteiger charge is 2.35. The molecule has 1 aliphatic rings. The monoisotopic (exact) mass is 310 g/mol. The fourth-order valence-electron chi connectivity index (χ4n) is 2.70. The number of aromatic nitrogens is 2. The van der Waals surface area contributed by atoms with Gasteiger partial charge in [0.05, 0.1) is 5.56 Å². The van der Waals surface area contributed by atoms with Gasteiger partial charge in [0.1, 0.15) is 0 Å². The minimum absolute atomic E-state index is 0.0534. The number of hydrogen-bond acceptors (Lipinski definition) is 6. The van der Waals surface area contributed by atoms with E-state index in [1.54, 1.807) is 17.3 Å². The van der Waals surface area contributed by atoms with Gasteiger partial charge >= 0.3 is 0 Å². The Labute approximate surface area is 129 Å². The number of likely N-dealkylation sites (tertiary alicyclic amines) is 1. The second-order valence-electron chi connectivity index (χ2n) is 5.63. The van der Waals surface area contributed by atoms with E-state index in [0.717, 1.165) is 6.54 Å². The van der Waals surface area contributed by atoms with Gasteiger partial charge < -0.3 is 14.9 Å². The molecule has 1 fully saturated rings. The van der Waals surface area contributed by atoms with Crippen LogP contribution in [-0.2, 0) is 0 Å². The Kier molecular flexibility index (Phi) is 5.55. The quantitative estimate of drug-likeness (QED) is 0.629. The molecule has 1 N–H and O–H groups in total. The molecule has 1 aromatic rings. The van der Waals surface area contributed by atoms with Crippen molar-refractivity contribution < 1.29 is 9.90 Å². The molecule has 0 aromatic carbocycles. The maximum atomic E-state index is 12.5. The first-order chi connectivity index (χ1) is 10.0. The van der Waals surface area contributed by atoms with Crippen LogP contribution in [0.5, 0.6) is 0 Å². The van der Waals surface area contributed by atoms with Gasteiger partial charge in [-0.25, -0.2) is 9.97 Å². The molecular weight excluding hydrogens is 288 g/mol. The molecule has 2 heterocycles. The SMILES string of the molecule is CSc1ncc(C(=O)N2C[C@@H](CN(C)C)[C@@H](CO)C2)cn1. The zero-order valence-corrected chi connectivity index (χ0v) is 13.5. The van der Waals surface area contributed by atoms with Crippen molar-refractivity contribution in [2.24, 2.45) is 11.8 Å². The number of carbonyl (C=O) groups excluding carboxylic acids is 1. The van der Waals surface area contributed by atoms with E-state index in [0.29, 0.717) is 29.7 Å². The van der Waals surface area contributed by atoms with Crippen molar-refractivity contribution in [1.82, 2.24) is 19.8 Å². The molecule has 0 saturated carbocycles. The first kappa shape index (κ1) is 16.2. The number of amides is 1. The Morgan fingerprint density at radius 1 is 1.38 bits per heavy atom. The molecule has 6 nitrogen and oxygen atoms in total. The van der Waals surface area contributed by atoms with Gasteiger partial charge in [0, 0.05) is 44.6 Å². The van der Waals surface area contributed by atoms with E-state index in [4.69, 9.17) is 0 Å². The highest BCUT2D eigenvalue weighted by molar-refractivity contribution is 7.98. The molecule has 0 unspecified atom stereocenters. The van der Waals surface area contributed by atoms with Crippen molar-refractivity contribution in [3.8, 4) is 0 Å². The number of hydrogen-bond donors (Lipinski definition) is 1. The summed E-state index contributed by atoms with van der Waals surface area (Å²) in [4.78, 5) is 24.7. The molecule has 2 rings (SSSR count). The number of rotatable bonds is 5. The zero-order valence-electron chi connectivity index (χ0n) is 12.7. The van der Waals surface area contributed by atoms with Crippen LogP contribution in [-0.4, -0.2) is 77.4 Å². The summed E-state index contributed by atoms with van der Waals surface area (Å²) in [5.41, 5.74) is 0.509. The molecule has 7 heteroatoms. The number of aliphatic hydroxyl groups is 1. The van der Waals surface area contributed by atoms with Crippen LogP contribution in [0.2, 0.25) is 0 Å². The maximum absolute atomic E-state index is 12.5. The first-order valence-electron chi connectivity index (χ1n) is 6.96. The Morgan fingerprint density at radius 2 is 2.00 bits per heavy atom. The van der Waals surface area contributed by atoms with E-state index in [9.17, 15) is 9.90 Å². The van der Waals surface area contributed by atoms with Crippen molar-refractivity contribution >= 4 is 17.7 Å². The summed E-state index contributed by atoms with van der Waals surface area (Å²) in [7, 11) is 4.02. The van der Waals surface area contributed by atoms with Crippen molar-refractivity contribution in [1.29, 1.82) is 0 Å². The fraction of sp³-hybridized carbons (Fsp3) is 0.643. The van der Waals surface area contributed by atoms with Gasteiger partial charge in [0.25, 0.3) is 5.91 Å². The summed E-state index contributed by atoms with van der Waals surface area (Å²) >= 11 is 1.45. The normalized spacial score (nSPS) is 22.0. The second kappa shape index (κ2) is 7.20. The fourth-order valence-corrected chi connectivity index (χ4v) is 3.02. The van der Waals surface area contributed by atoms with Crippen LogP contribution in [0.25, 0.3) is 0 Å². The Bertz CT molecular complexity index is 480. The summed E-state index contributed by atoms with van der Waals surface area (Å²) in [6.45, 7) is 2.26. The molecule has 1 aromatic heterocycles. The van der Waals surface area contributed by atoms with Crippen LogP contribution in [0.15, 0.2) is 17.6 Å². The highest BCUT2D eigenvalue weighted by Crippen LogP contribution is 2.25. The van der Waals surface area contributed by atoms with Crippen molar-refractivity contribution in [3.05, 3.63) is 18.0 Å². The maximum Gasteiger partial charge on any atom is 0.257 e. The smallest absolute Gasteiger partial charge is 0.257 e. The van der Waals surface area contributed by atoms with E-state index in [1.807, 2.05) is 20.4 Å². The summed E-state index contributed by atoms with van der Waals surface area (Å²) in [6, 6.07) is 0. The molecule has 0 aliphatic carbocycles. The zero-order chi connectivity index (χ0) is 15.4. The summed E-state index contributed by atoms with van der Waals surface area (Å²) in [5, 5.41) is 10.2. The molecule has 0 bridgehead atoms. The summed E-state index contributed by atoms with van der Waals surface area (Å²) < 4.78 is 0. The van der Waals surface area contributed by atoms with Gasteiger partial charge in [-0.3, -0.25) is 4.79 Å². The van der Waals surface area contributed by atoms with Crippen LogP contribution in [0.4, 0.5) is 0 Å². The van der Waals surface area contributed by atoms with Gasteiger partial charge in [-0.15, -0.1) is 0 Å². The molecule has 1 saturated heterocycles. The minimum atomic E-state index is -0.0534. The summed E-state index contributed by atoms with van der Waals surface area (Å²) in [5.74, 6) is 0.394. The number of thioether (sulfide) groups is 1. The van der Waals surface area contributed by atoms with Gasteiger partial charge in [0.2, 0.25) is 0 Å². The van der Waals surface area contributed by atoms with E-state index in [2.05, 4.69) is 14.9 Å². The number of nitrogens with zero attached hydrogens (tertiary/aromatic N) is 4. The van der Waals surface area contributed by atoms with E-state index in [1.165, 1.54) is 11.8 Å². The van der Waals surface area contributed by atoms with Crippen LogP contribution >= 0.6 is 11.8 Å². The molecule has 0 spiro atoms. The average Bonchev–Trinajstić information content (AvgIpc) is 2.88. The van der Waals surface area contributed by atoms with Gasteiger partial charge in [-0.1, -0.05) is 11.8 Å². The Balaban J connectivity index is 2.05. The third-order valence-electron chi connectivity index (χ3n) is 3.76. The van der Waals surface area contributed by atoms with E-state index >= 15 is 0 Å². The summed E-state index contributed by atoms with van der Waals surface area (Å²) in [6.07, 6.45) is 5.05. The largest absolute Gasteiger partial charge is 0.396 e. The van der Waals surface area contributed by atoms with Crippen LogP contribution in [0, 0.1) is 11.8 Å². The predicted octanol–water partition coefficient (Wildman–Crippen LogP) is 0.441. The highest BCUT2D eigenvalue weighted by atomic mass is 32.2. The van der Waals surface area contributed by atoms with Crippen molar-refractivity contribution in [2.75, 3.05) is 46.6 Å². The average molecular weight is 310 g/mol. The van der Waals surface area contributed by atoms with Gasteiger partial charge in [-0.05, 0) is 26.3 Å².